The fourth-order valence-electron chi connectivity index (χ4n) is 2.82. The minimum Gasteiger partial charge on any atom is -0.492 e. The van der Waals surface area contributed by atoms with Gasteiger partial charge in [-0.25, -0.2) is 9.18 Å². The zero-order chi connectivity index (χ0) is 18.2. The molecule has 1 heterocycles. The first-order chi connectivity index (χ1) is 12.0. The van der Waals surface area contributed by atoms with Gasteiger partial charge < -0.3 is 9.84 Å². The first kappa shape index (κ1) is 18.9. The Bertz CT molecular complexity index is 695. The van der Waals surface area contributed by atoms with Gasteiger partial charge in [0.2, 0.25) is 0 Å². The molecule has 134 valence electrons. The van der Waals surface area contributed by atoms with Crippen molar-refractivity contribution in [3.8, 4) is 17.0 Å². The van der Waals surface area contributed by atoms with Gasteiger partial charge in [0.05, 0.1) is 24.1 Å². The third-order valence-electron chi connectivity index (χ3n) is 4.11. The predicted molar refractivity (Wildman–Crippen MR) is 95.4 cm³/mol. The number of carboxylic acid groups (broad SMARTS) is 1. The number of ether oxygens (including phenoxy) is 1. The molecule has 0 aliphatic carbocycles. The SMILES string of the molecule is CCCC(CCC)COc1ccc(-c2ccc(C(=O)O)cc2F)nc1. The van der Waals surface area contributed by atoms with E-state index in [4.69, 9.17) is 9.84 Å². The molecular formula is C20H24FNO3. The van der Waals surface area contributed by atoms with E-state index in [0.717, 1.165) is 31.7 Å². The van der Waals surface area contributed by atoms with Crippen LogP contribution >= 0.6 is 0 Å². The number of halogens is 1. The van der Waals surface area contributed by atoms with Crippen molar-refractivity contribution in [1.82, 2.24) is 4.98 Å². The number of aromatic nitrogens is 1. The normalized spacial score (nSPS) is 10.9. The summed E-state index contributed by atoms with van der Waals surface area (Å²) in [5.41, 5.74) is 0.631. The van der Waals surface area contributed by atoms with Crippen molar-refractivity contribution in [3.05, 3.63) is 47.9 Å². The standard InChI is InChI=1S/C20H24FNO3/c1-3-5-14(6-4-2)13-25-16-8-10-19(22-12-16)17-9-7-15(20(23)24)11-18(17)21/h7-12,14H,3-6,13H2,1-2H3,(H,23,24). The Kier molecular flexibility index (Phi) is 6.92. The van der Waals surface area contributed by atoms with Crippen LogP contribution in [-0.2, 0) is 0 Å². The fraction of sp³-hybridized carbons (Fsp3) is 0.400. The number of hydrogen-bond acceptors (Lipinski definition) is 3. The first-order valence-electron chi connectivity index (χ1n) is 8.67. The van der Waals surface area contributed by atoms with Crippen molar-refractivity contribution in [2.45, 2.75) is 39.5 Å². The van der Waals surface area contributed by atoms with Gasteiger partial charge in [0, 0.05) is 5.56 Å². The lowest BCUT2D eigenvalue weighted by Gasteiger charge is -2.16. The van der Waals surface area contributed by atoms with Gasteiger partial charge in [-0.05, 0) is 49.1 Å². The number of benzene rings is 1. The number of aromatic carboxylic acids is 1. The molecule has 0 saturated heterocycles. The summed E-state index contributed by atoms with van der Waals surface area (Å²) in [5.74, 6) is -0.568. The lowest BCUT2D eigenvalue weighted by molar-refractivity contribution is 0.0696. The highest BCUT2D eigenvalue weighted by Gasteiger charge is 2.12. The van der Waals surface area contributed by atoms with Crippen LogP contribution in [0.4, 0.5) is 4.39 Å². The van der Waals surface area contributed by atoms with Crippen molar-refractivity contribution in [1.29, 1.82) is 0 Å². The molecule has 0 aliphatic rings. The van der Waals surface area contributed by atoms with Gasteiger partial charge in [-0.3, -0.25) is 4.98 Å². The predicted octanol–water partition coefficient (Wildman–Crippen LogP) is 5.18. The van der Waals surface area contributed by atoms with Gasteiger partial charge in [-0.2, -0.15) is 0 Å². The number of hydrogen-bond donors (Lipinski definition) is 1. The zero-order valence-electron chi connectivity index (χ0n) is 14.7. The van der Waals surface area contributed by atoms with Crippen LogP contribution in [0.1, 0.15) is 49.9 Å². The molecule has 1 aromatic carbocycles. The van der Waals surface area contributed by atoms with E-state index in [9.17, 15) is 9.18 Å². The highest BCUT2D eigenvalue weighted by molar-refractivity contribution is 5.88. The molecule has 25 heavy (non-hydrogen) atoms. The summed E-state index contributed by atoms with van der Waals surface area (Å²) in [6.07, 6.45) is 6.13. The minimum atomic E-state index is -1.16. The van der Waals surface area contributed by atoms with Gasteiger partial charge in [-0.15, -0.1) is 0 Å². The maximum absolute atomic E-state index is 14.1. The van der Waals surface area contributed by atoms with Crippen molar-refractivity contribution in [3.63, 3.8) is 0 Å². The maximum atomic E-state index is 14.1. The van der Waals surface area contributed by atoms with Crippen molar-refractivity contribution >= 4 is 5.97 Å². The number of nitrogens with zero attached hydrogens (tertiary/aromatic N) is 1. The third-order valence-corrected chi connectivity index (χ3v) is 4.11. The van der Waals surface area contributed by atoms with Crippen molar-refractivity contribution < 1.29 is 19.0 Å². The van der Waals surface area contributed by atoms with Gasteiger partial charge in [-0.1, -0.05) is 26.7 Å². The lowest BCUT2D eigenvalue weighted by atomic mass is 9.99. The summed E-state index contributed by atoms with van der Waals surface area (Å²) in [7, 11) is 0. The zero-order valence-corrected chi connectivity index (χ0v) is 14.7. The van der Waals surface area contributed by atoms with Crippen LogP contribution in [0, 0.1) is 11.7 Å². The van der Waals surface area contributed by atoms with Crippen LogP contribution in [-0.4, -0.2) is 22.7 Å². The van der Waals surface area contributed by atoms with E-state index in [-0.39, 0.29) is 11.1 Å². The largest absolute Gasteiger partial charge is 0.492 e. The smallest absolute Gasteiger partial charge is 0.335 e. The van der Waals surface area contributed by atoms with Gasteiger partial charge in [0.25, 0.3) is 0 Å². The highest BCUT2D eigenvalue weighted by Crippen LogP contribution is 2.24. The summed E-state index contributed by atoms with van der Waals surface area (Å²) in [4.78, 5) is 15.1. The second kappa shape index (κ2) is 9.16. The second-order valence-electron chi connectivity index (χ2n) is 6.13. The summed E-state index contributed by atoms with van der Waals surface area (Å²) in [6, 6.07) is 7.25. The number of pyridine rings is 1. The highest BCUT2D eigenvalue weighted by atomic mass is 19.1. The van der Waals surface area contributed by atoms with E-state index in [1.165, 1.54) is 12.1 Å². The minimum absolute atomic E-state index is 0.0842. The molecule has 0 unspecified atom stereocenters. The van der Waals surface area contributed by atoms with Crippen LogP contribution in [0.3, 0.4) is 0 Å². The monoisotopic (exact) mass is 345 g/mol. The average molecular weight is 345 g/mol. The molecule has 0 amide bonds. The van der Waals surface area contributed by atoms with E-state index in [2.05, 4.69) is 18.8 Å². The van der Waals surface area contributed by atoms with Gasteiger partial charge in [0.15, 0.2) is 0 Å². The number of carboxylic acids is 1. The number of carbonyl (C=O) groups is 1. The van der Waals surface area contributed by atoms with E-state index >= 15 is 0 Å². The Morgan fingerprint density at radius 2 is 1.92 bits per heavy atom. The molecule has 2 aromatic rings. The molecule has 2 rings (SSSR count). The van der Waals surface area contributed by atoms with Crippen LogP contribution in [0.15, 0.2) is 36.5 Å². The molecule has 0 aliphatic heterocycles. The molecule has 1 aromatic heterocycles. The van der Waals surface area contributed by atoms with E-state index in [1.807, 2.05) is 0 Å². The van der Waals surface area contributed by atoms with Gasteiger partial charge in [0.1, 0.15) is 11.6 Å². The Morgan fingerprint density at radius 3 is 2.44 bits per heavy atom. The molecule has 0 spiro atoms. The number of rotatable bonds is 9. The molecule has 0 radical (unpaired) electrons. The molecule has 0 saturated carbocycles. The summed E-state index contributed by atoms with van der Waals surface area (Å²) >= 11 is 0. The molecule has 5 heteroatoms. The van der Waals surface area contributed by atoms with Crippen LogP contribution < -0.4 is 4.74 Å². The first-order valence-corrected chi connectivity index (χ1v) is 8.67. The van der Waals surface area contributed by atoms with Gasteiger partial charge >= 0.3 is 5.97 Å². The third kappa shape index (κ3) is 5.28. The molecule has 1 N–H and O–H groups in total. The Morgan fingerprint density at radius 1 is 1.20 bits per heavy atom. The van der Waals surface area contributed by atoms with Crippen LogP contribution in [0.25, 0.3) is 11.3 Å². The fourth-order valence-corrected chi connectivity index (χ4v) is 2.82. The second-order valence-corrected chi connectivity index (χ2v) is 6.13. The summed E-state index contributed by atoms with van der Waals surface area (Å²) < 4.78 is 19.9. The van der Waals surface area contributed by atoms with Crippen molar-refractivity contribution in [2.75, 3.05) is 6.61 Å². The molecular weight excluding hydrogens is 321 g/mol. The quantitative estimate of drug-likeness (QED) is 0.680. The van der Waals surface area contributed by atoms with Crippen LogP contribution in [0.2, 0.25) is 0 Å². The topological polar surface area (TPSA) is 59.4 Å². The Labute approximate surface area is 147 Å². The average Bonchev–Trinajstić information content (AvgIpc) is 2.60. The van der Waals surface area contributed by atoms with Crippen molar-refractivity contribution in [2.24, 2.45) is 5.92 Å². The Balaban J connectivity index is 2.05. The molecule has 0 bridgehead atoms. The Hall–Kier alpha value is -2.43. The molecule has 0 fully saturated rings. The molecule has 4 nitrogen and oxygen atoms in total. The van der Waals surface area contributed by atoms with E-state index in [0.29, 0.717) is 24.0 Å². The van der Waals surface area contributed by atoms with E-state index < -0.39 is 11.8 Å². The lowest BCUT2D eigenvalue weighted by Crippen LogP contribution is -2.12. The summed E-state index contributed by atoms with van der Waals surface area (Å²) in [6.45, 7) is 5.00. The maximum Gasteiger partial charge on any atom is 0.335 e. The van der Waals surface area contributed by atoms with E-state index in [1.54, 1.807) is 18.3 Å². The molecule has 0 atom stereocenters. The van der Waals surface area contributed by atoms with Crippen LogP contribution in [0.5, 0.6) is 5.75 Å². The summed E-state index contributed by atoms with van der Waals surface area (Å²) in [5, 5.41) is 8.89.